The second-order valence-electron chi connectivity index (χ2n) is 4.44. The van der Waals surface area contributed by atoms with Crippen LogP contribution in [0.2, 0.25) is 5.02 Å². The van der Waals surface area contributed by atoms with Crippen molar-refractivity contribution in [1.29, 1.82) is 0 Å². The first-order chi connectivity index (χ1) is 11.0. The topological polar surface area (TPSA) is 93.8 Å². The zero-order valence-electron chi connectivity index (χ0n) is 12.0. The summed E-state index contributed by atoms with van der Waals surface area (Å²) in [5.41, 5.74) is 3.06. The van der Waals surface area contributed by atoms with Gasteiger partial charge in [0.05, 0.1) is 10.6 Å². The molecule has 0 aliphatic carbocycles. The minimum absolute atomic E-state index is 0.0382. The minimum atomic E-state index is -0.502. The van der Waals surface area contributed by atoms with Gasteiger partial charge in [0, 0.05) is 24.1 Å². The zero-order chi connectivity index (χ0) is 16.8. The number of nitro groups is 1. The van der Waals surface area contributed by atoms with E-state index in [9.17, 15) is 14.9 Å². The number of anilines is 1. The summed E-state index contributed by atoms with van der Waals surface area (Å²) in [4.78, 5) is 21.6. The highest BCUT2D eigenvalue weighted by Crippen LogP contribution is 2.17. The molecule has 0 atom stereocenters. The number of carbonyl (C=O) groups is 1. The van der Waals surface area contributed by atoms with Gasteiger partial charge in [0.25, 0.3) is 11.6 Å². The van der Waals surface area contributed by atoms with Gasteiger partial charge >= 0.3 is 0 Å². The fourth-order valence-corrected chi connectivity index (χ4v) is 1.69. The maximum absolute atomic E-state index is 11.6. The number of benzene rings is 2. The van der Waals surface area contributed by atoms with Crippen LogP contribution in [-0.2, 0) is 4.79 Å². The van der Waals surface area contributed by atoms with Crippen LogP contribution in [0.5, 0.6) is 5.75 Å². The molecule has 0 radical (unpaired) electrons. The fourth-order valence-electron chi connectivity index (χ4n) is 1.56. The first kappa shape index (κ1) is 16.4. The number of non-ortho nitro benzene ring substituents is 1. The molecule has 0 fully saturated rings. The predicted molar refractivity (Wildman–Crippen MR) is 86.9 cm³/mol. The summed E-state index contributed by atoms with van der Waals surface area (Å²) >= 11 is 5.77. The molecule has 8 heteroatoms. The van der Waals surface area contributed by atoms with Crippen LogP contribution >= 0.6 is 11.6 Å². The van der Waals surface area contributed by atoms with Crippen molar-refractivity contribution in [3.63, 3.8) is 0 Å². The van der Waals surface area contributed by atoms with Crippen LogP contribution in [0.3, 0.4) is 0 Å². The Balaban J connectivity index is 2.10. The average molecular weight is 334 g/mol. The monoisotopic (exact) mass is 333 g/mol. The van der Waals surface area contributed by atoms with Crippen molar-refractivity contribution in [2.75, 3.05) is 5.43 Å². The third-order valence-electron chi connectivity index (χ3n) is 2.69. The minimum Gasteiger partial charge on any atom is -0.435 e. The Morgan fingerprint density at radius 1 is 1.17 bits per heavy atom. The smallest absolute Gasteiger partial charge is 0.280 e. The molecule has 0 saturated carbocycles. The Hall–Kier alpha value is -2.93. The van der Waals surface area contributed by atoms with Gasteiger partial charge in [0.1, 0.15) is 5.75 Å². The van der Waals surface area contributed by atoms with E-state index in [0.29, 0.717) is 16.5 Å². The van der Waals surface area contributed by atoms with Gasteiger partial charge in [-0.25, -0.2) is 0 Å². The molecule has 0 amide bonds. The van der Waals surface area contributed by atoms with Crippen LogP contribution < -0.4 is 10.2 Å². The second kappa shape index (κ2) is 7.37. The van der Waals surface area contributed by atoms with Crippen molar-refractivity contribution in [3.8, 4) is 5.75 Å². The quantitative estimate of drug-likeness (QED) is 0.390. The van der Waals surface area contributed by atoms with Gasteiger partial charge in [-0.2, -0.15) is 0 Å². The van der Waals surface area contributed by atoms with Crippen molar-refractivity contribution in [2.24, 2.45) is 5.10 Å². The normalized spacial score (nSPS) is 11.0. The molecule has 0 aliphatic heterocycles. The predicted octanol–water partition coefficient (Wildman–Crippen LogP) is 3.64. The number of rotatable bonds is 5. The van der Waals surface area contributed by atoms with E-state index in [-0.39, 0.29) is 17.4 Å². The number of nitrogens with one attached hydrogen (secondary N) is 1. The molecule has 0 bridgehead atoms. The maximum atomic E-state index is 11.6. The van der Waals surface area contributed by atoms with Crippen LogP contribution in [0.4, 0.5) is 11.4 Å². The molecule has 1 N–H and O–H groups in total. The number of hydrogen-bond acceptors (Lipinski definition) is 6. The number of nitrogens with zero attached hydrogens (tertiary/aromatic N) is 2. The van der Waals surface area contributed by atoms with Crippen LogP contribution in [0.15, 0.2) is 53.6 Å². The van der Waals surface area contributed by atoms with E-state index in [1.54, 1.807) is 24.3 Å². The van der Waals surface area contributed by atoms with E-state index in [1.165, 1.54) is 31.2 Å². The zero-order valence-corrected chi connectivity index (χ0v) is 12.8. The lowest BCUT2D eigenvalue weighted by atomic mass is 10.3. The van der Waals surface area contributed by atoms with Gasteiger partial charge in [-0.3, -0.25) is 20.3 Å². The molecule has 0 heterocycles. The average Bonchev–Trinajstić information content (AvgIpc) is 2.53. The van der Waals surface area contributed by atoms with Gasteiger partial charge in [-0.1, -0.05) is 11.6 Å². The lowest BCUT2D eigenvalue weighted by Gasteiger charge is -2.07. The van der Waals surface area contributed by atoms with Crippen LogP contribution in [0.25, 0.3) is 0 Å². The number of ether oxygens (including phenoxy) is 1. The van der Waals surface area contributed by atoms with Gasteiger partial charge in [0.2, 0.25) is 5.78 Å². The summed E-state index contributed by atoms with van der Waals surface area (Å²) in [6.45, 7) is 1.31. The maximum Gasteiger partial charge on any atom is 0.280 e. The van der Waals surface area contributed by atoms with Gasteiger partial charge in [-0.15, -0.1) is 5.10 Å². The van der Waals surface area contributed by atoms with Gasteiger partial charge in [0.15, 0.2) is 0 Å². The lowest BCUT2D eigenvalue weighted by molar-refractivity contribution is -0.384. The molecule has 0 unspecified atom stereocenters. The molecule has 23 heavy (non-hydrogen) atoms. The van der Waals surface area contributed by atoms with Crippen molar-refractivity contribution in [1.82, 2.24) is 0 Å². The number of nitro benzene ring substituents is 1. The summed E-state index contributed by atoms with van der Waals surface area (Å²) in [6, 6.07) is 12.1. The highest BCUT2D eigenvalue weighted by atomic mass is 35.5. The molecule has 0 spiro atoms. The lowest BCUT2D eigenvalue weighted by Crippen LogP contribution is -2.19. The highest BCUT2D eigenvalue weighted by molar-refractivity contribution is 6.36. The highest BCUT2D eigenvalue weighted by Gasteiger charge is 2.10. The molecule has 2 rings (SSSR count). The number of hydrazone groups is 1. The van der Waals surface area contributed by atoms with E-state index >= 15 is 0 Å². The largest absolute Gasteiger partial charge is 0.435 e. The number of hydrogen-bond donors (Lipinski definition) is 1. The van der Waals surface area contributed by atoms with Crippen LogP contribution in [0, 0.1) is 10.1 Å². The molecule has 2 aromatic rings. The van der Waals surface area contributed by atoms with Crippen molar-refractivity contribution >= 4 is 34.7 Å². The molecular formula is C15H12ClN3O4. The Kier molecular flexibility index (Phi) is 5.27. The molecule has 2 aromatic carbocycles. The Labute approximate surface area is 136 Å². The number of ketones is 1. The first-order valence-electron chi connectivity index (χ1n) is 6.48. The Morgan fingerprint density at radius 2 is 1.78 bits per heavy atom. The van der Waals surface area contributed by atoms with E-state index in [0.717, 1.165) is 0 Å². The molecular weight excluding hydrogens is 322 g/mol. The Bertz CT molecular complexity index is 742. The first-order valence-corrected chi connectivity index (χ1v) is 6.86. The van der Waals surface area contributed by atoms with E-state index < -0.39 is 4.92 Å². The third kappa shape index (κ3) is 4.79. The van der Waals surface area contributed by atoms with Gasteiger partial charge in [-0.05, 0) is 36.4 Å². The molecule has 0 aromatic heterocycles. The number of Topliss-reactive ketones (excluding diaryl/α,β-unsaturated/α-hetero) is 1. The number of carbonyl (C=O) groups excluding carboxylic acids is 1. The van der Waals surface area contributed by atoms with Crippen molar-refractivity contribution in [3.05, 3.63) is 63.7 Å². The molecule has 0 saturated heterocycles. The third-order valence-corrected chi connectivity index (χ3v) is 2.95. The molecule has 118 valence electrons. The standard InChI is InChI=1S/C15H12ClN3O4/c1-10(20)15(23-14-8-2-11(16)3-9-14)18-17-12-4-6-13(7-5-12)19(21)22/h2-9,17H,1H3/b18-15+. The SMILES string of the molecule is CC(=O)/C(=N\Nc1ccc([N+](=O)[O-])cc1)Oc1ccc(Cl)cc1. The van der Waals surface area contributed by atoms with Crippen LogP contribution in [-0.4, -0.2) is 16.6 Å². The summed E-state index contributed by atoms with van der Waals surface area (Å²) in [5, 5.41) is 15.0. The van der Waals surface area contributed by atoms with Crippen LogP contribution in [0.1, 0.15) is 6.92 Å². The van der Waals surface area contributed by atoms with E-state index in [2.05, 4.69) is 10.5 Å². The second-order valence-corrected chi connectivity index (χ2v) is 4.88. The molecule has 0 aliphatic rings. The van der Waals surface area contributed by atoms with Crippen molar-refractivity contribution < 1.29 is 14.5 Å². The van der Waals surface area contributed by atoms with Crippen molar-refractivity contribution in [2.45, 2.75) is 6.92 Å². The molecule has 7 nitrogen and oxygen atoms in total. The fraction of sp³-hybridized carbons (Fsp3) is 0.0667. The number of halogens is 1. The van der Waals surface area contributed by atoms with E-state index in [1.807, 2.05) is 0 Å². The Morgan fingerprint density at radius 3 is 2.30 bits per heavy atom. The van der Waals surface area contributed by atoms with Gasteiger partial charge < -0.3 is 4.74 Å². The summed E-state index contributed by atoms with van der Waals surface area (Å²) in [6.07, 6.45) is 0. The summed E-state index contributed by atoms with van der Waals surface area (Å²) in [5.74, 6) is -0.117. The van der Waals surface area contributed by atoms with E-state index in [4.69, 9.17) is 16.3 Å². The summed E-state index contributed by atoms with van der Waals surface area (Å²) < 4.78 is 5.39. The summed E-state index contributed by atoms with van der Waals surface area (Å²) in [7, 11) is 0.